The van der Waals surface area contributed by atoms with Gasteiger partial charge in [0.05, 0.1) is 33.0 Å². The summed E-state index contributed by atoms with van der Waals surface area (Å²) in [5.41, 5.74) is 0. The summed E-state index contributed by atoms with van der Waals surface area (Å²) in [6.07, 6.45) is 56.3. The fraction of sp³-hybridized carbons (Fsp3) is 0.951. The Morgan fingerprint density at radius 2 is 0.479 bits per heavy atom. The zero-order valence-corrected chi connectivity index (χ0v) is 65.3. The van der Waals surface area contributed by atoms with Gasteiger partial charge in [-0.3, -0.25) is 14.4 Å². The van der Waals surface area contributed by atoms with Crippen LogP contribution in [0.25, 0.3) is 0 Å². The third-order valence-corrected chi connectivity index (χ3v) is 18.3. The summed E-state index contributed by atoms with van der Waals surface area (Å²) < 4.78 is 28.1. The lowest BCUT2D eigenvalue weighted by Crippen LogP contribution is -2.29. The molecule has 0 unspecified atom stereocenters. The second-order valence-electron chi connectivity index (χ2n) is 26.6. The van der Waals surface area contributed by atoms with Crippen molar-refractivity contribution in [1.82, 2.24) is 9.80 Å². The SMILES string of the molecule is CC.CC.CC.CCCCCC(CCCCC)CCOC(=O)CCCCCCCCN(CCCO)CCCOC(=O)OCCCN(CCCCCCCCC(=O)OCCC(CCCCC)CCCCC)CCCCCCCCC(=O)OCCC(CCCCC)CCCCC. The van der Waals surface area contributed by atoms with E-state index in [1.165, 1.54) is 180 Å². The van der Waals surface area contributed by atoms with E-state index < -0.39 is 6.16 Å². The molecule has 1 N–H and O–H groups in total. The fourth-order valence-corrected chi connectivity index (χ4v) is 12.5. The van der Waals surface area contributed by atoms with Crippen molar-refractivity contribution in [1.29, 1.82) is 0 Å². The first kappa shape index (κ1) is 97.9. The third kappa shape index (κ3) is 75.3. The van der Waals surface area contributed by atoms with Gasteiger partial charge in [-0.1, -0.05) is 314 Å². The smallest absolute Gasteiger partial charge is 0.466 e. The van der Waals surface area contributed by atoms with E-state index in [1.807, 2.05) is 41.5 Å². The van der Waals surface area contributed by atoms with Crippen LogP contribution in [-0.2, 0) is 38.1 Å². The number of carbonyl (C=O) groups excluding carboxylic acids is 4. The van der Waals surface area contributed by atoms with Crippen molar-refractivity contribution >= 4 is 24.1 Å². The van der Waals surface area contributed by atoms with Gasteiger partial charge in [-0.05, 0) is 114 Å². The van der Waals surface area contributed by atoms with Crippen LogP contribution >= 0.6 is 0 Å². The van der Waals surface area contributed by atoms with Gasteiger partial charge in [-0.15, -0.1) is 0 Å². The molecule has 0 amide bonds. The van der Waals surface area contributed by atoms with Gasteiger partial charge >= 0.3 is 24.1 Å². The predicted molar refractivity (Wildman–Crippen MR) is 404 cm³/mol. The second kappa shape index (κ2) is 84.8. The van der Waals surface area contributed by atoms with Gasteiger partial charge in [-0.25, -0.2) is 4.79 Å². The summed E-state index contributed by atoms with van der Waals surface area (Å²) >= 11 is 0. The van der Waals surface area contributed by atoms with Gasteiger partial charge in [0.15, 0.2) is 0 Å². The summed E-state index contributed by atoms with van der Waals surface area (Å²) in [6, 6.07) is 0. The van der Waals surface area contributed by atoms with Crippen LogP contribution < -0.4 is 0 Å². The first-order chi connectivity index (χ1) is 46.1. The van der Waals surface area contributed by atoms with E-state index in [9.17, 15) is 24.3 Å². The topological polar surface area (TPSA) is 141 Å². The molecule has 0 heterocycles. The van der Waals surface area contributed by atoms with Gasteiger partial charge in [0.25, 0.3) is 0 Å². The average molecular weight is 1340 g/mol. The van der Waals surface area contributed by atoms with E-state index in [1.54, 1.807) is 0 Å². The number of nitrogens with zero attached hydrogens (tertiary/aromatic N) is 2. The Bertz CT molecular complexity index is 1400. The van der Waals surface area contributed by atoms with Crippen LogP contribution in [-0.4, -0.2) is 118 Å². The van der Waals surface area contributed by atoms with Crippen LogP contribution in [0.5, 0.6) is 0 Å². The van der Waals surface area contributed by atoms with Crippen molar-refractivity contribution in [2.24, 2.45) is 17.8 Å². The van der Waals surface area contributed by atoms with E-state index in [0.29, 0.717) is 70.1 Å². The van der Waals surface area contributed by atoms with Crippen molar-refractivity contribution in [2.75, 3.05) is 78.9 Å². The number of hydrogen-bond donors (Lipinski definition) is 1. The largest absolute Gasteiger partial charge is 0.508 e. The molecule has 0 aliphatic carbocycles. The molecule has 564 valence electrons. The molecule has 94 heavy (non-hydrogen) atoms. The summed E-state index contributed by atoms with van der Waals surface area (Å²) in [5, 5.41) is 9.55. The lowest BCUT2D eigenvalue weighted by Gasteiger charge is -2.22. The highest BCUT2D eigenvalue weighted by atomic mass is 16.7. The minimum atomic E-state index is -0.596. The Kier molecular flexibility index (Phi) is 88.3. The summed E-state index contributed by atoms with van der Waals surface area (Å²) in [7, 11) is 0. The molecule has 12 nitrogen and oxygen atoms in total. The maximum atomic E-state index is 12.6. The molecule has 0 aromatic carbocycles. The molecule has 0 aliphatic heterocycles. The normalized spacial score (nSPS) is 11.2. The van der Waals surface area contributed by atoms with Crippen molar-refractivity contribution in [2.45, 2.75) is 411 Å². The van der Waals surface area contributed by atoms with E-state index in [0.717, 1.165) is 168 Å². The molecule has 0 radical (unpaired) electrons. The molecule has 0 aliphatic rings. The van der Waals surface area contributed by atoms with Gasteiger partial charge in [-0.2, -0.15) is 0 Å². The highest BCUT2D eigenvalue weighted by Gasteiger charge is 2.15. The van der Waals surface area contributed by atoms with E-state index in [2.05, 4.69) is 51.3 Å². The molecule has 0 aromatic heterocycles. The minimum absolute atomic E-state index is 0.0299. The van der Waals surface area contributed by atoms with Crippen LogP contribution in [0, 0.1) is 17.8 Å². The summed E-state index contributed by atoms with van der Waals surface area (Å²) in [5.74, 6) is 1.95. The number of aliphatic hydroxyl groups is 1. The maximum absolute atomic E-state index is 12.6. The molecule has 0 saturated heterocycles. The van der Waals surface area contributed by atoms with Gasteiger partial charge in [0.2, 0.25) is 0 Å². The van der Waals surface area contributed by atoms with Gasteiger partial charge in [0, 0.05) is 45.5 Å². The zero-order valence-electron chi connectivity index (χ0n) is 65.3. The first-order valence-corrected chi connectivity index (χ1v) is 41.5. The van der Waals surface area contributed by atoms with Gasteiger partial charge < -0.3 is 38.6 Å². The lowest BCUT2D eigenvalue weighted by molar-refractivity contribution is -0.145. The average Bonchev–Trinajstić information content (AvgIpc) is 3.81. The van der Waals surface area contributed by atoms with Crippen molar-refractivity contribution < 1.29 is 48.0 Å². The third-order valence-electron chi connectivity index (χ3n) is 18.3. The number of unbranched alkanes of at least 4 members (excludes halogenated alkanes) is 27. The second-order valence-corrected chi connectivity index (χ2v) is 26.6. The fourth-order valence-electron chi connectivity index (χ4n) is 12.5. The number of hydrogen-bond acceptors (Lipinski definition) is 12. The Hall–Kier alpha value is -2.44. The number of rotatable bonds is 71. The number of esters is 3. The van der Waals surface area contributed by atoms with Crippen LogP contribution in [0.15, 0.2) is 0 Å². The number of aliphatic hydroxyl groups excluding tert-OH is 1. The van der Waals surface area contributed by atoms with Crippen LogP contribution in [0.3, 0.4) is 0 Å². The standard InChI is InChI=1S/C76H148N2O10.3C2H6/c1-7-13-31-46-70(47-32-14-8-2)55-67-84-73(80)52-37-25-19-22-28-40-58-77(59-41-29-23-20-26-38-53-74(81)85-68-56-71(48-33-15-9-3)49-34-16-10-4)62-44-65-87-76(83)88-66-45-63-78(61-43-64-79)60-42-30-24-21-27-39-54-75(82)86-69-57-72(50-35-17-11-5)51-36-18-12-6;3*1-2/h70-72,79H,7-69H2,1-6H3;3*1-2H3. The van der Waals surface area contributed by atoms with E-state index >= 15 is 0 Å². The van der Waals surface area contributed by atoms with Crippen molar-refractivity contribution in [3.63, 3.8) is 0 Å². The summed E-state index contributed by atoms with van der Waals surface area (Å²) in [4.78, 5) is 55.1. The van der Waals surface area contributed by atoms with Crippen molar-refractivity contribution in [3.05, 3.63) is 0 Å². The Morgan fingerprint density at radius 3 is 0.723 bits per heavy atom. The van der Waals surface area contributed by atoms with Crippen LogP contribution in [0.1, 0.15) is 411 Å². The molecular formula is C82H166N2O10. The highest BCUT2D eigenvalue weighted by Crippen LogP contribution is 2.24. The van der Waals surface area contributed by atoms with Crippen LogP contribution in [0.2, 0.25) is 0 Å². The monoisotopic (exact) mass is 1340 g/mol. The Labute approximate surface area is 586 Å². The molecule has 0 atom stereocenters. The van der Waals surface area contributed by atoms with Crippen molar-refractivity contribution in [3.8, 4) is 0 Å². The summed E-state index contributed by atoms with van der Waals surface area (Å²) in [6.45, 7) is 33.6. The molecular weight excluding hydrogens is 1170 g/mol. The lowest BCUT2D eigenvalue weighted by atomic mass is 9.92. The maximum Gasteiger partial charge on any atom is 0.508 e. The van der Waals surface area contributed by atoms with Gasteiger partial charge in [0.1, 0.15) is 0 Å². The molecule has 0 fully saturated rings. The number of ether oxygens (including phenoxy) is 5. The predicted octanol–water partition coefficient (Wildman–Crippen LogP) is 24.3. The first-order valence-electron chi connectivity index (χ1n) is 41.5. The molecule has 12 heteroatoms. The Morgan fingerprint density at radius 1 is 0.255 bits per heavy atom. The molecule has 0 spiro atoms. The zero-order chi connectivity index (χ0) is 70.3. The minimum Gasteiger partial charge on any atom is -0.466 e. The van der Waals surface area contributed by atoms with Crippen LogP contribution in [0.4, 0.5) is 4.79 Å². The quantitative estimate of drug-likeness (QED) is 0.0352. The Balaban J connectivity index is -0.00000654. The van der Waals surface area contributed by atoms with E-state index in [-0.39, 0.29) is 24.5 Å². The molecule has 0 rings (SSSR count). The molecule has 0 aromatic rings. The molecule has 0 bridgehead atoms. The number of carbonyl (C=O) groups is 4. The highest BCUT2D eigenvalue weighted by molar-refractivity contribution is 5.69. The molecule has 0 saturated carbocycles. The van der Waals surface area contributed by atoms with E-state index in [4.69, 9.17) is 23.7 Å².